The second-order valence-electron chi connectivity index (χ2n) is 4.24. The Kier molecular flexibility index (Phi) is 6.09. The third kappa shape index (κ3) is 4.74. The Morgan fingerprint density at radius 1 is 1.41 bits per heavy atom. The summed E-state index contributed by atoms with van der Waals surface area (Å²) in [5.74, 6) is 0. The van der Waals surface area contributed by atoms with E-state index in [-0.39, 0.29) is 6.61 Å². The van der Waals surface area contributed by atoms with Gasteiger partial charge in [0.1, 0.15) is 5.67 Å². The maximum Gasteiger partial charge on any atom is 0.138 e. The Morgan fingerprint density at radius 3 is 2.71 bits per heavy atom. The lowest BCUT2D eigenvalue weighted by Gasteiger charge is -2.25. The van der Waals surface area contributed by atoms with Crippen LogP contribution in [0.4, 0.5) is 4.39 Å². The Morgan fingerprint density at radius 2 is 2.12 bits per heavy atom. The van der Waals surface area contributed by atoms with E-state index in [9.17, 15) is 4.39 Å². The first-order chi connectivity index (χ1) is 8.11. The monoisotopic (exact) mass is 303 g/mol. The summed E-state index contributed by atoms with van der Waals surface area (Å²) in [4.78, 5) is 0. The largest absolute Gasteiger partial charge is 0.381 e. The first-order valence-corrected chi connectivity index (χ1v) is 6.52. The second kappa shape index (κ2) is 7.09. The van der Waals surface area contributed by atoms with Crippen molar-refractivity contribution in [3.63, 3.8) is 0 Å². The lowest BCUT2D eigenvalue weighted by molar-refractivity contribution is 0.0333. The van der Waals surface area contributed by atoms with Gasteiger partial charge in [-0.25, -0.2) is 4.39 Å². The normalized spacial score (nSPS) is 14.6. The van der Waals surface area contributed by atoms with Crippen LogP contribution < -0.4 is 5.73 Å². The highest BCUT2D eigenvalue weighted by molar-refractivity contribution is 9.10. The third-order valence-corrected chi connectivity index (χ3v) is 3.47. The predicted octanol–water partition coefficient (Wildman–Crippen LogP) is 3.09. The smallest absolute Gasteiger partial charge is 0.138 e. The number of hydrogen-bond donors (Lipinski definition) is 1. The summed E-state index contributed by atoms with van der Waals surface area (Å²) in [5, 5.41) is 0. The summed E-state index contributed by atoms with van der Waals surface area (Å²) in [6.45, 7) is 0.611. The van der Waals surface area contributed by atoms with Gasteiger partial charge in [-0.3, -0.25) is 0 Å². The van der Waals surface area contributed by atoms with E-state index in [0.29, 0.717) is 25.8 Å². The average molecular weight is 304 g/mol. The average Bonchev–Trinajstić information content (AvgIpc) is 2.30. The molecule has 0 amide bonds. The SMILES string of the molecule is COCC(F)(CCCN)Cc1ccccc1Br. The zero-order valence-corrected chi connectivity index (χ0v) is 11.7. The fourth-order valence-corrected chi connectivity index (χ4v) is 2.30. The zero-order valence-electron chi connectivity index (χ0n) is 10.1. The molecular weight excluding hydrogens is 285 g/mol. The number of ether oxygens (including phenoxy) is 1. The molecular formula is C13H19BrFNO. The fourth-order valence-electron chi connectivity index (χ4n) is 1.87. The van der Waals surface area contributed by atoms with E-state index >= 15 is 0 Å². The van der Waals surface area contributed by atoms with Crippen LogP contribution in [0.5, 0.6) is 0 Å². The van der Waals surface area contributed by atoms with Crippen molar-refractivity contribution in [2.24, 2.45) is 5.73 Å². The maximum atomic E-state index is 14.6. The standard InChI is InChI=1S/C13H19BrFNO/c1-17-10-13(15,7-4-8-16)9-11-5-2-3-6-12(11)14/h2-3,5-6H,4,7-10,16H2,1H3. The van der Waals surface area contributed by atoms with Crippen molar-refractivity contribution in [3.05, 3.63) is 34.3 Å². The van der Waals surface area contributed by atoms with Gasteiger partial charge in [0.05, 0.1) is 6.61 Å². The van der Waals surface area contributed by atoms with Gasteiger partial charge in [0.25, 0.3) is 0 Å². The molecule has 17 heavy (non-hydrogen) atoms. The highest BCUT2D eigenvalue weighted by Crippen LogP contribution is 2.27. The summed E-state index contributed by atoms with van der Waals surface area (Å²) in [7, 11) is 1.52. The molecule has 0 fully saturated rings. The van der Waals surface area contributed by atoms with Crippen LogP contribution in [0.3, 0.4) is 0 Å². The molecule has 0 bridgehead atoms. The van der Waals surface area contributed by atoms with Crippen molar-refractivity contribution in [2.75, 3.05) is 20.3 Å². The minimum Gasteiger partial charge on any atom is -0.381 e. The molecule has 4 heteroatoms. The van der Waals surface area contributed by atoms with E-state index in [4.69, 9.17) is 10.5 Å². The van der Waals surface area contributed by atoms with Crippen LogP contribution >= 0.6 is 15.9 Å². The maximum absolute atomic E-state index is 14.6. The van der Waals surface area contributed by atoms with Crippen molar-refractivity contribution in [1.29, 1.82) is 0 Å². The first-order valence-electron chi connectivity index (χ1n) is 5.72. The van der Waals surface area contributed by atoms with Crippen LogP contribution in [0.2, 0.25) is 0 Å². The number of alkyl halides is 1. The van der Waals surface area contributed by atoms with E-state index in [1.165, 1.54) is 7.11 Å². The predicted molar refractivity (Wildman–Crippen MR) is 71.8 cm³/mol. The summed E-state index contributed by atoms with van der Waals surface area (Å²) < 4.78 is 20.6. The third-order valence-electron chi connectivity index (χ3n) is 2.70. The Bertz CT molecular complexity index is 348. The van der Waals surface area contributed by atoms with Gasteiger partial charge in [-0.05, 0) is 31.0 Å². The minimum atomic E-state index is -1.34. The van der Waals surface area contributed by atoms with Crippen LogP contribution in [0.25, 0.3) is 0 Å². The molecule has 1 atom stereocenters. The van der Waals surface area contributed by atoms with E-state index < -0.39 is 5.67 Å². The highest BCUT2D eigenvalue weighted by Gasteiger charge is 2.30. The number of halogens is 2. The summed E-state index contributed by atoms with van der Waals surface area (Å²) >= 11 is 3.44. The molecule has 0 aliphatic heterocycles. The van der Waals surface area contributed by atoms with Crippen molar-refractivity contribution in [3.8, 4) is 0 Å². The zero-order chi connectivity index (χ0) is 12.7. The number of rotatable bonds is 7. The van der Waals surface area contributed by atoms with Gasteiger partial charge in [-0.15, -0.1) is 0 Å². The number of benzene rings is 1. The van der Waals surface area contributed by atoms with Crippen molar-refractivity contribution in [2.45, 2.75) is 24.9 Å². The number of nitrogens with two attached hydrogens (primary N) is 1. The highest BCUT2D eigenvalue weighted by atomic mass is 79.9. The molecule has 0 spiro atoms. The lowest BCUT2D eigenvalue weighted by atomic mass is 9.92. The summed E-state index contributed by atoms with van der Waals surface area (Å²) in [6.07, 6.45) is 1.45. The van der Waals surface area contributed by atoms with Gasteiger partial charge in [-0.2, -0.15) is 0 Å². The van der Waals surface area contributed by atoms with E-state index in [1.54, 1.807) is 0 Å². The van der Waals surface area contributed by atoms with Gasteiger partial charge >= 0.3 is 0 Å². The van der Waals surface area contributed by atoms with Gasteiger partial charge in [0.2, 0.25) is 0 Å². The van der Waals surface area contributed by atoms with Crippen molar-refractivity contribution in [1.82, 2.24) is 0 Å². The fraction of sp³-hybridized carbons (Fsp3) is 0.538. The Hall–Kier alpha value is -0.450. The minimum absolute atomic E-state index is 0.105. The van der Waals surface area contributed by atoms with E-state index in [2.05, 4.69) is 15.9 Å². The first kappa shape index (κ1) is 14.6. The lowest BCUT2D eigenvalue weighted by Crippen LogP contribution is -2.32. The number of hydrogen-bond acceptors (Lipinski definition) is 2. The molecule has 96 valence electrons. The van der Waals surface area contributed by atoms with Crippen molar-refractivity contribution < 1.29 is 9.13 Å². The molecule has 0 aliphatic carbocycles. The van der Waals surface area contributed by atoms with Gasteiger partial charge in [-0.1, -0.05) is 34.1 Å². The molecule has 0 saturated heterocycles. The van der Waals surface area contributed by atoms with E-state index in [1.807, 2.05) is 24.3 Å². The second-order valence-corrected chi connectivity index (χ2v) is 5.10. The van der Waals surface area contributed by atoms with Crippen LogP contribution in [0.15, 0.2) is 28.7 Å². The Balaban J connectivity index is 2.75. The molecule has 1 aromatic rings. The molecule has 0 aromatic heterocycles. The topological polar surface area (TPSA) is 35.2 Å². The molecule has 1 aromatic carbocycles. The molecule has 2 N–H and O–H groups in total. The van der Waals surface area contributed by atoms with Crippen LogP contribution in [-0.4, -0.2) is 25.9 Å². The van der Waals surface area contributed by atoms with Crippen molar-refractivity contribution >= 4 is 15.9 Å². The summed E-state index contributed by atoms with van der Waals surface area (Å²) in [6, 6.07) is 7.68. The van der Waals surface area contributed by atoms with Gasteiger partial charge in [0.15, 0.2) is 0 Å². The molecule has 1 unspecified atom stereocenters. The van der Waals surface area contributed by atoms with E-state index in [0.717, 1.165) is 10.0 Å². The van der Waals surface area contributed by atoms with Crippen LogP contribution in [0.1, 0.15) is 18.4 Å². The quantitative estimate of drug-likeness (QED) is 0.840. The molecule has 2 nitrogen and oxygen atoms in total. The number of methoxy groups -OCH3 is 1. The molecule has 0 radical (unpaired) electrons. The Labute approximate surface area is 110 Å². The molecule has 0 heterocycles. The van der Waals surface area contributed by atoms with Crippen LogP contribution in [-0.2, 0) is 11.2 Å². The van der Waals surface area contributed by atoms with Crippen LogP contribution in [0, 0.1) is 0 Å². The van der Waals surface area contributed by atoms with Gasteiger partial charge < -0.3 is 10.5 Å². The molecule has 0 saturated carbocycles. The molecule has 1 rings (SSSR count). The summed E-state index contributed by atoms with van der Waals surface area (Å²) in [5.41, 5.74) is 5.07. The van der Waals surface area contributed by atoms with Gasteiger partial charge in [0, 0.05) is 18.0 Å². The molecule has 0 aliphatic rings.